The van der Waals surface area contributed by atoms with Crippen LogP contribution in [0, 0.1) is 0 Å². The summed E-state index contributed by atoms with van der Waals surface area (Å²) in [6.45, 7) is 5.43. The van der Waals surface area contributed by atoms with Gasteiger partial charge in [-0.2, -0.15) is 0 Å². The van der Waals surface area contributed by atoms with Crippen LogP contribution in [0.25, 0.3) is 0 Å². The number of carbonyl (C=O) groups excluding carboxylic acids is 1. The van der Waals surface area contributed by atoms with Crippen LogP contribution in [0.3, 0.4) is 0 Å². The highest BCUT2D eigenvalue weighted by Gasteiger charge is 2.03. The predicted molar refractivity (Wildman–Crippen MR) is 69.1 cm³/mol. The lowest BCUT2D eigenvalue weighted by atomic mass is 10.3. The first-order valence-corrected chi connectivity index (χ1v) is 8.51. The van der Waals surface area contributed by atoms with Crippen molar-refractivity contribution in [1.82, 2.24) is 5.32 Å². The number of nitrogens with one attached hydrogen (secondary N) is 1. The van der Waals surface area contributed by atoms with Crippen molar-refractivity contribution in [2.45, 2.75) is 44.7 Å². The summed E-state index contributed by atoms with van der Waals surface area (Å²) < 4.78 is 0. The average Bonchev–Trinajstić information content (AvgIpc) is 2.23. The molecule has 0 aliphatic rings. The molecule has 0 bridgehead atoms. The van der Waals surface area contributed by atoms with Gasteiger partial charge in [0.2, 0.25) is 5.91 Å². The molecule has 0 spiro atoms. The fourth-order valence-electron chi connectivity index (χ4n) is 1.53. The number of carbonyl (C=O) groups is 1. The second-order valence-electron chi connectivity index (χ2n) is 3.66. The smallest absolute Gasteiger partial charge is 0.230 e. The van der Waals surface area contributed by atoms with E-state index < -0.39 is 0 Å². The molecule has 0 radical (unpaired) electrons. The third kappa shape index (κ3) is 7.56. The van der Waals surface area contributed by atoms with Gasteiger partial charge in [-0.05, 0) is 6.42 Å². The van der Waals surface area contributed by atoms with Crippen molar-refractivity contribution >= 4 is 31.4 Å². The highest BCUT2D eigenvalue weighted by Crippen LogP contribution is 2.14. The molecule has 2 nitrogen and oxygen atoms in total. The Morgan fingerprint density at radius 2 is 2.07 bits per heavy atom. The number of hydrogen-bond donors (Lipinski definition) is 1. The fraction of sp³-hybridized carbons (Fsp3) is 0.900. The summed E-state index contributed by atoms with van der Waals surface area (Å²) in [4.78, 5) is 10.9. The highest BCUT2D eigenvalue weighted by atomic mass is 79.9. The van der Waals surface area contributed by atoms with Gasteiger partial charge in [0.1, 0.15) is 0 Å². The zero-order chi connectivity index (χ0) is 10.8. The second-order valence-corrected chi connectivity index (χ2v) is 6.66. The molecule has 1 N–H and O–H groups in total. The largest absolute Gasteiger partial charge is 0.355 e. The lowest BCUT2D eigenvalue weighted by molar-refractivity contribution is -0.118. The van der Waals surface area contributed by atoms with Crippen molar-refractivity contribution in [3.63, 3.8) is 0 Å². The maximum Gasteiger partial charge on any atom is 0.230 e. The van der Waals surface area contributed by atoms with E-state index in [9.17, 15) is 4.79 Å². The SMILES string of the molecule is CCC(CC)[SiH2]CCCNC(=O)CBr. The number of rotatable bonds is 8. The molecule has 14 heavy (non-hydrogen) atoms. The Morgan fingerprint density at radius 1 is 1.43 bits per heavy atom. The van der Waals surface area contributed by atoms with Gasteiger partial charge in [0.25, 0.3) is 0 Å². The van der Waals surface area contributed by atoms with E-state index in [1.54, 1.807) is 0 Å². The summed E-state index contributed by atoms with van der Waals surface area (Å²) in [7, 11) is 0.111. The summed E-state index contributed by atoms with van der Waals surface area (Å²) in [6, 6.07) is 1.37. The van der Waals surface area contributed by atoms with Gasteiger partial charge in [0.05, 0.1) is 5.33 Å². The monoisotopic (exact) mass is 279 g/mol. The molecule has 0 aromatic rings. The van der Waals surface area contributed by atoms with Crippen LogP contribution >= 0.6 is 15.9 Å². The van der Waals surface area contributed by atoms with Crippen molar-refractivity contribution < 1.29 is 4.79 Å². The first-order valence-electron chi connectivity index (χ1n) is 5.57. The molecule has 0 aliphatic heterocycles. The minimum absolute atomic E-state index is 0.106. The van der Waals surface area contributed by atoms with Crippen LogP contribution in [0.1, 0.15) is 33.1 Å². The lowest BCUT2D eigenvalue weighted by Gasteiger charge is -2.10. The van der Waals surface area contributed by atoms with Gasteiger partial charge < -0.3 is 5.32 Å². The molecule has 1 amide bonds. The van der Waals surface area contributed by atoms with Gasteiger partial charge in [-0.15, -0.1) is 0 Å². The van der Waals surface area contributed by atoms with Gasteiger partial charge >= 0.3 is 0 Å². The van der Waals surface area contributed by atoms with E-state index in [1.165, 1.54) is 25.3 Å². The Morgan fingerprint density at radius 3 is 2.57 bits per heavy atom. The van der Waals surface area contributed by atoms with E-state index in [0.29, 0.717) is 5.33 Å². The molecule has 0 saturated carbocycles. The molecule has 84 valence electrons. The Bertz CT molecular complexity index is 151. The molecular weight excluding hydrogens is 258 g/mol. The van der Waals surface area contributed by atoms with E-state index in [1.807, 2.05) is 0 Å². The van der Waals surface area contributed by atoms with Crippen molar-refractivity contribution in [2.24, 2.45) is 0 Å². The zero-order valence-corrected chi connectivity index (χ0v) is 12.3. The maximum absolute atomic E-state index is 10.9. The lowest BCUT2D eigenvalue weighted by Crippen LogP contribution is -2.25. The summed E-state index contributed by atoms with van der Waals surface area (Å²) in [5.74, 6) is 0.106. The minimum atomic E-state index is 0.106. The topological polar surface area (TPSA) is 29.1 Å². The van der Waals surface area contributed by atoms with Gasteiger partial charge in [-0.3, -0.25) is 4.79 Å². The molecule has 0 fully saturated rings. The predicted octanol–water partition coefficient (Wildman–Crippen LogP) is 2.08. The molecule has 0 atom stereocenters. The molecule has 0 aromatic heterocycles. The van der Waals surface area contributed by atoms with Crippen molar-refractivity contribution in [1.29, 1.82) is 0 Å². The van der Waals surface area contributed by atoms with Crippen molar-refractivity contribution in [3.05, 3.63) is 0 Å². The first-order chi connectivity index (χ1) is 6.74. The number of halogens is 1. The second kappa shape index (κ2) is 9.71. The van der Waals surface area contributed by atoms with Gasteiger partial charge in [0.15, 0.2) is 0 Å². The third-order valence-corrected chi connectivity index (χ3v) is 6.03. The Hall–Kier alpha value is 0.167. The van der Waals surface area contributed by atoms with Crippen LogP contribution in [0.5, 0.6) is 0 Å². The van der Waals surface area contributed by atoms with E-state index in [4.69, 9.17) is 0 Å². The maximum atomic E-state index is 10.9. The summed E-state index contributed by atoms with van der Waals surface area (Å²) >= 11 is 3.13. The Kier molecular flexibility index (Phi) is 9.83. The quantitative estimate of drug-likeness (QED) is 0.412. The molecule has 0 heterocycles. The van der Waals surface area contributed by atoms with Crippen molar-refractivity contribution in [2.75, 3.05) is 11.9 Å². The number of hydrogen-bond acceptors (Lipinski definition) is 1. The van der Waals surface area contributed by atoms with E-state index >= 15 is 0 Å². The molecule has 0 aliphatic carbocycles. The molecule has 4 heteroatoms. The molecule has 0 saturated heterocycles. The minimum Gasteiger partial charge on any atom is -0.355 e. The van der Waals surface area contributed by atoms with Gasteiger partial charge in [-0.1, -0.05) is 54.2 Å². The number of alkyl halides is 1. The fourth-order valence-corrected chi connectivity index (χ4v) is 3.66. The van der Waals surface area contributed by atoms with E-state index in [2.05, 4.69) is 35.1 Å². The van der Waals surface area contributed by atoms with Gasteiger partial charge in [0, 0.05) is 16.1 Å². The van der Waals surface area contributed by atoms with E-state index in [-0.39, 0.29) is 15.4 Å². The highest BCUT2D eigenvalue weighted by molar-refractivity contribution is 9.09. The average molecular weight is 280 g/mol. The van der Waals surface area contributed by atoms with Crippen LogP contribution in [0.4, 0.5) is 0 Å². The summed E-state index contributed by atoms with van der Waals surface area (Å²) in [5.41, 5.74) is 1.02. The number of amides is 1. The molecule has 0 rings (SSSR count). The van der Waals surface area contributed by atoms with Crippen LogP contribution in [0.2, 0.25) is 11.6 Å². The Labute approximate surface area is 98.2 Å². The normalized spacial score (nSPS) is 11.4. The molecule has 0 aromatic carbocycles. The van der Waals surface area contributed by atoms with Gasteiger partial charge in [-0.25, -0.2) is 0 Å². The molecule has 0 unspecified atom stereocenters. The van der Waals surface area contributed by atoms with Crippen LogP contribution in [-0.2, 0) is 4.79 Å². The third-order valence-electron chi connectivity index (χ3n) is 2.64. The summed E-state index contributed by atoms with van der Waals surface area (Å²) in [5, 5.41) is 3.31. The summed E-state index contributed by atoms with van der Waals surface area (Å²) in [6.07, 6.45) is 3.86. The first kappa shape index (κ1) is 14.2. The van der Waals surface area contributed by atoms with Crippen LogP contribution in [-0.4, -0.2) is 27.3 Å². The zero-order valence-electron chi connectivity index (χ0n) is 9.31. The van der Waals surface area contributed by atoms with Crippen LogP contribution < -0.4 is 5.32 Å². The van der Waals surface area contributed by atoms with E-state index in [0.717, 1.165) is 12.1 Å². The molecular formula is C10H22BrNOSi. The van der Waals surface area contributed by atoms with Crippen molar-refractivity contribution in [3.8, 4) is 0 Å². The van der Waals surface area contributed by atoms with Crippen LogP contribution in [0.15, 0.2) is 0 Å². The standard InChI is InChI=1S/C10H22BrNOSi/c1-3-9(4-2)14-7-5-6-12-10(13)8-11/h9H,3-8,14H2,1-2H3,(H,12,13). The Balaban J connectivity index is 3.24.